The Balaban J connectivity index is 1.64. The lowest BCUT2D eigenvalue weighted by Crippen LogP contribution is -2.40. The normalized spacial score (nSPS) is 14.8. The van der Waals surface area contributed by atoms with Gasteiger partial charge in [-0.3, -0.25) is 9.59 Å². The molecule has 7 heteroatoms. The average Bonchev–Trinajstić information content (AvgIpc) is 3.14. The Morgan fingerprint density at radius 1 is 1.29 bits per heavy atom. The van der Waals surface area contributed by atoms with E-state index in [1.807, 2.05) is 5.38 Å². The number of benzene rings is 1. The number of amides is 2. The van der Waals surface area contributed by atoms with Crippen molar-refractivity contribution in [2.45, 2.75) is 0 Å². The van der Waals surface area contributed by atoms with E-state index in [-0.39, 0.29) is 11.8 Å². The van der Waals surface area contributed by atoms with Gasteiger partial charge in [0, 0.05) is 42.0 Å². The zero-order chi connectivity index (χ0) is 16.8. The van der Waals surface area contributed by atoms with Crippen molar-refractivity contribution in [3.8, 4) is 0 Å². The quantitative estimate of drug-likeness (QED) is 0.865. The molecule has 0 unspecified atom stereocenters. The monoisotopic (exact) mass is 343 g/mol. The average molecular weight is 343 g/mol. The third-order valence-corrected chi connectivity index (χ3v) is 4.24. The number of ether oxygens (including phenoxy) is 1. The second-order valence-electron chi connectivity index (χ2n) is 5.18. The van der Waals surface area contributed by atoms with E-state index in [4.69, 9.17) is 4.74 Å². The van der Waals surface area contributed by atoms with Crippen LogP contribution in [0.4, 0.5) is 5.69 Å². The molecule has 1 aromatic heterocycles. The molecule has 2 amide bonds. The first-order valence-electron chi connectivity index (χ1n) is 7.58. The van der Waals surface area contributed by atoms with Gasteiger partial charge in [-0.15, -0.1) is 11.3 Å². The van der Waals surface area contributed by atoms with E-state index in [2.05, 4.69) is 10.3 Å². The van der Waals surface area contributed by atoms with E-state index in [9.17, 15) is 9.59 Å². The molecular weight excluding hydrogens is 326 g/mol. The summed E-state index contributed by atoms with van der Waals surface area (Å²) >= 11 is 1.46. The summed E-state index contributed by atoms with van der Waals surface area (Å²) in [5, 5.41) is 5.37. The van der Waals surface area contributed by atoms with Crippen molar-refractivity contribution in [3.05, 3.63) is 52.5 Å². The van der Waals surface area contributed by atoms with Gasteiger partial charge >= 0.3 is 0 Å². The first kappa shape index (κ1) is 16.4. The SMILES string of the molecule is O=C(/C=C/c1nccs1)Nc1cccc(C(=O)N2CCOCC2)c1. The van der Waals surface area contributed by atoms with Gasteiger partial charge in [0.2, 0.25) is 5.91 Å². The first-order valence-corrected chi connectivity index (χ1v) is 8.46. The lowest BCUT2D eigenvalue weighted by molar-refractivity contribution is -0.111. The number of thiazole rings is 1. The summed E-state index contributed by atoms with van der Waals surface area (Å²) in [6.45, 7) is 2.30. The molecule has 3 rings (SSSR count). The maximum atomic E-state index is 12.5. The molecule has 0 aliphatic carbocycles. The number of rotatable bonds is 4. The lowest BCUT2D eigenvalue weighted by atomic mass is 10.1. The highest BCUT2D eigenvalue weighted by Gasteiger charge is 2.18. The van der Waals surface area contributed by atoms with Gasteiger partial charge in [-0.05, 0) is 24.3 Å². The van der Waals surface area contributed by atoms with Crippen molar-refractivity contribution in [1.82, 2.24) is 9.88 Å². The molecule has 6 nitrogen and oxygen atoms in total. The van der Waals surface area contributed by atoms with E-state index >= 15 is 0 Å². The summed E-state index contributed by atoms with van der Waals surface area (Å²) < 4.78 is 5.26. The van der Waals surface area contributed by atoms with Gasteiger partial charge in [-0.2, -0.15) is 0 Å². The molecule has 0 spiro atoms. The highest BCUT2D eigenvalue weighted by atomic mass is 32.1. The zero-order valence-corrected chi connectivity index (χ0v) is 13.8. The molecule has 0 radical (unpaired) electrons. The Bertz CT molecular complexity index is 737. The van der Waals surface area contributed by atoms with E-state index in [0.29, 0.717) is 37.6 Å². The van der Waals surface area contributed by atoms with Crippen LogP contribution in [0.25, 0.3) is 6.08 Å². The number of carbonyl (C=O) groups is 2. The Labute approximate surface area is 143 Å². The molecule has 1 aliphatic rings. The minimum atomic E-state index is -0.263. The van der Waals surface area contributed by atoms with E-state index in [0.717, 1.165) is 5.01 Å². The standard InChI is InChI=1S/C17H17N3O3S/c21-15(4-5-16-18-6-11-24-16)19-14-3-1-2-13(12-14)17(22)20-7-9-23-10-8-20/h1-6,11-12H,7-10H2,(H,19,21)/b5-4+. The molecule has 2 heterocycles. The number of nitrogens with one attached hydrogen (secondary N) is 1. The van der Waals surface area contributed by atoms with Crippen LogP contribution in [0.1, 0.15) is 15.4 Å². The Morgan fingerprint density at radius 3 is 2.88 bits per heavy atom. The number of hydrogen-bond donors (Lipinski definition) is 1. The molecule has 2 aromatic rings. The molecule has 1 saturated heterocycles. The fraction of sp³-hybridized carbons (Fsp3) is 0.235. The van der Waals surface area contributed by atoms with Crippen molar-refractivity contribution < 1.29 is 14.3 Å². The van der Waals surface area contributed by atoms with Gasteiger partial charge < -0.3 is 15.0 Å². The van der Waals surface area contributed by atoms with Crippen molar-refractivity contribution >= 4 is 34.9 Å². The number of hydrogen-bond acceptors (Lipinski definition) is 5. The fourth-order valence-corrected chi connectivity index (χ4v) is 2.86. The molecule has 0 saturated carbocycles. The maximum absolute atomic E-state index is 12.5. The predicted octanol–water partition coefficient (Wildman–Crippen LogP) is 2.27. The topological polar surface area (TPSA) is 71.5 Å². The highest BCUT2D eigenvalue weighted by Crippen LogP contribution is 2.14. The highest BCUT2D eigenvalue weighted by molar-refractivity contribution is 7.10. The molecule has 124 valence electrons. The molecule has 1 fully saturated rings. The van der Waals surface area contributed by atoms with Gasteiger partial charge in [0.1, 0.15) is 5.01 Å². The van der Waals surface area contributed by atoms with Gasteiger partial charge in [-0.1, -0.05) is 6.07 Å². The Hall–Kier alpha value is -2.51. The number of anilines is 1. The molecule has 24 heavy (non-hydrogen) atoms. The second-order valence-corrected chi connectivity index (χ2v) is 6.10. The minimum Gasteiger partial charge on any atom is -0.378 e. The smallest absolute Gasteiger partial charge is 0.254 e. The third kappa shape index (κ3) is 4.27. The van der Waals surface area contributed by atoms with Crippen LogP contribution in [-0.4, -0.2) is 48.0 Å². The third-order valence-electron chi connectivity index (χ3n) is 3.50. The zero-order valence-electron chi connectivity index (χ0n) is 13.0. The fourth-order valence-electron chi connectivity index (χ4n) is 2.33. The first-order chi connectivity index (χ1) is 11.7. The van der Waals surface area contributed by atoms with Crippen molar-refractivity contribution in [1.29, 1.82) is 0 Å². The van der Waals surface area contributed by atoms with Gasteiger partial charge in [-0.25, -0.2) is 4.98 Å². The van der Waals surface area contributed by atoms with E-state index < -0.39 is 0 Å². The van der Waals surface area contributed by atoms with Crippen LogP contribution in [0.15, 0.2) is 41.9 Å². The summed E-state index contributed by atoms with van der Waals surface area (Å²) in [5.41, 5.74) is 1.14. The number of aromatic nitrogens is 1. The maximum Gasteiger partial charge on any atom is 0.254 e. The Morgan fingerprint density at radius 2 is 2.12 bits per heavy atom. The largest absolute Gasteiger partial charge is 0.378 e. The molecule has 1 N–H and O–H groups in total. The lowest BCUT2D eigenvalue weighted by Gasteiger charge is -2.27. The molecular formula is C17H17N3O3S. The van der Waals surface area contributed by atoms with Crippen LogP contribution in [0.3, 0.4) is 0 Å². The van der Waals surface area contributed by atoms with Crippen LogP contribution < -0.4 is 5.32 Å². The Kier molecular flexibility index (Phi) is 5.35. The van der Waals surface area contributed by atoms with Crippen molar-refractivity contribution in [2.75, 3.05) is 31.6 Å². The summed E-state index contributed by atoms with van der Waals surface area (Å²) in [6.07, 6.45) is 4.76. The van der Waals surface area contributed by atoms with Crippen LogP contribution in [-0.2, 0) is 9.53 Å². The summed E-state index contributed by atoms with van der Waals surface area (Å²) in [6, 6.07) is 6.95. The molecule has 1 aliphatic heterocycles. The van der Waals surface area contributed by atoms with Gasteiger partial charge in [0.25, 0.3) is 5.91 Å². The molecule has 0 atom stereocenters. The second kappa shape index (κ2) is 7.85. The van der Waals surface area contributed by atoms with Crippen LogP contribution in [0.2, 0.25) is 0 Å². The summed E-state index contributed by atoms with van der Waals surface area (Å²) in [7, 11) is 0. The minimum absolute atomic E-state index is 0.0484. The summed E-state index contributed by atoms with van der Waals surface area (Å²) in [4.78, 5) is 30.2. The van der Waals surface area contributed by atoms with Gasteiger partial charge in [0.05, 0.1) is 13.2 Å². The van der Waals surface area contributed by atoms with Crippen LogP contribution >= 0.6 is 11.3 Å². The number of nitrogens with zero attached hydrogens (tertiary/aromatic N) is 2. The van der Waals surface area contributed by atoms with E-state index in [1.54, 1.807) is 41.4 Å². The summed E-state index contributed by atoms with van der Waals surface area (Å²) in [5.74, 6) is -0.311. The number of morpholine rings is 1. The van der Waals surface area contributed by atoms with Crippen LogP contribution in [0, 0.1) is 0 Å². The van der Waals surface area contributed by atoms with Crippen molar-refractivity contribution in [3.63, 3.8) is 0 Å². The molecule has 1 aromatic carbocycles. The van der Waals surface area contributed by atoms with Crippen LogP contribution in [0.5, 0.6) is 0 Å². The van der Waals surface area contributed by atoms with Crippen molar-refractivity contribution in [2.24, 2.45) is 0 Å². The number of carbonyl (C=O) groups excluding carboxylic acids is 2. The van der Waals surface area contributed by atoms with Gasteiger partial charge in [0.15, 0.2) is 0 Å². The molecule has 0 bridgehead atoms. The van der Waals surface area contributed by atoms with E-state index in [1.165, 1.54) is 17.4 Å². The predicted molar refractivity (Wildman–Crippen MR) is 92.9 cm³/mol.